The van der Waals surface area contributed by atoms with Gasteiger partial charge in [-0.3, -0.25) is 0 Å². The molecule has 0 aliphatic carbocycles. The molecule has 1 aromatic carbocycles. The number of halogens is 1. The van der Waals surface area contributed by atoms with Gasteiger partial charge in [-0.1, -0.05) is 17.7 Å². The summed E-state index contributed by atoms with van der Waals surface area (Å²) in [5, 5.41) is 5.73. The molecule has 0 bridgehead atoms. The average molecular weight is 391 g/mol. The lowest BCUT2D eigenvalue weighted by Crippen LogP contribution is -2.47. The van der Waals surface area contributed by atoms with E-state index in [-0.39, 0.29) is 24.5 Å². The zero-order chi connectivity index (χ0) is 19.4. The average Bonchev–Trinajstić information content (AvgIpc) is 3.16. The van der Waals surface area contributed by atoms with Gasteiger partial charge < -0.3 is 24.5 Å². The van der Waals surface area contributed by atoms with Crippen LogP contribution < -0.4 is 15.4 Å². The molecule has 7 nitrogen and oxygen atoms in total. The molecule has 0 fully saturated rings. The van der Waals surface area contributed by atoms with E-state index >= 15 is 0 Å². The van der Waals surface area contributed by atoms with E-state index < -0.39 is 18.0 Å². The first-order valence-electron chi connectivity index (χ1n) is 8.39. The molecule has 2 aromatic rings. The Morgan fingerprint density at radius 3 is 2.85 bits per heavy atom. The molecule has 1 atom stereocenters. The molecule has 3 rings (SSSR count). The van der Waals surface area contributed by atoms with Crippen LogP contribution in [-0.4, -0.2) is 25.2 Å². The summed E-state index contributed by atoms with van der Waals surface area (Å²) in [6.07, 6.45) is 1.47. The molecule has 0 saturated carbocycles. The minimum absolute atomic E-state index is 0.0675. The van der Waals surface area contributed by atoms with Gasteiger partial charge in [0.05, 0.1) is 29.2 Å². The first-order chi connectivity index (χ1) is 13.0. The number of esters is 1. The van der Waals surface area contributed by atoms with Crippen LogP contribution in [0, 0.1) is 6.92 Å². The summed E-state index contributed by atoms with van der Waals surface area (Å²) in [7, 11) is 0. The molecule has 1 aliphatic rings. The summed E-state index contributed by atoms with van der Waals surface area (Å²) in [6, 6.07) is 7.45. The lowest BCUT2D eigenvalue weighted by Gasteiger charge is -2.27. The first kappa shape index (κ1) is 18.8. The highest BCUT2D eigenvalue weighted by Gasteiger charge is 2.35. The predicted molar refractivity (Wildman–Crippen MR) is 98.5 cm³/mol. The minimum atomic E-state index is -0.778. The van der Waals surface area contributed by atoms with Crippen LogP contribution in [0.2, 0.25) is 5.02 Å². The van der Waals surface area contributed by atoms with Crippen LogP contribution in [0.1, 0.15) is 24.3 Å². The first-order valence-corrected chi connectivity index (χ1v) is 8.77. The van der Waals surface area contributed by atoms with Gasteiger partial charge in [-0.05, 0) is 43.7 Å². The van der Waals surface area contributed by atoms with Gasteiger partial charge in [0, 0.05) is 0 Å². The van der Waals surface area contributed by atoms with Crippen molar-refractivity contribution in [3.8, 4) is 5.75 Å². The molecule has 0 saturated heterocycles. The van der Waals surface area contributed by atoms with Gasteiger partial charge in [-0.25, -0.2) is 9.59 Å². The highest BCUT2D eigenvalue weighted by molar-refractivity contribution is 6.32. The summed E-state index contributed by atoms with van der Waals surface area (Å²) < 4.78 is 16.3. The summed E-state index contributed by atoms with van der Waals surface area (Å²) in [6.45, 7) is 3.74. The number of benzene rings is 1. The standard InChI is InChI=1S/C19H19ClN2O5/c1-3-25-18(23)16-13(10-27-15-9-11(2)6-7-12(15)20)21-19(24)22-17(16)14-5-4-8-26-14/h4-9,17H,3,10H2,1-2H3,(H2,21,22,24). The lowest BCUT2D eigenvalue weighted by molar-refractivity contribution is -0.139. The Labute approximate surface area is 161 Å². The van der Waals surface area contributed by atoms with Crippen LogP contribution >= 0.6 is 11.6 Å². The smallest absolute Gasteiger partial charge is 0.338 e. The Morgan fingerprint density at radius 1 is 1.33 bits per heavy atom. The Balaban J connectivity index is 1.95. The van der Waals surface area contributed by atoms with Gasteiger partial charge in [0.1, 0.15) is 24.2 Å². The van der Waals surface area contributed by atoms with E-state index in [2.05, 4.69) is 10.6 Å². The van der Waals surface area contributed by atoms with Crippen LogP contribution in [0.15, 0.2) is 52.3 Å². The quantitative estimate of drug-likeness (QED) is 0.737. The van der Waals surface area contributed by atoms with Crippen molar-refractivity contribution in [2.24, 2.45) is 0 Å². The second-order valence-corrected chi connectivity index (χ2v) is 6.29. The van der Waals surface area contributed by atoms with E-state index in [4.69, 9.17) is 25.5 Å². The summed E-state index contributed by atoms with van der Waals surface area (Å²) in [4.78, 5) is 24.7. The third kappa shape index (κ3) is 4.25. The third-order valence-electron chi connectivity index (χ3n) is 3.94. The number of amides is 2. The van der Waals surface area contributed by atoms with E-state index in [1.54, 1.807) is 31.2 Å². The largest absolute Gasteiger partial charge is 0.486 e. The molecule has 1 aliphatic heterocycles. The maximum absolute atomic E-state index is 12.6. The SMILES string of the molecule is CCOC(=O)C1=C(COc2cc(C)ccc2Cl)NC(=O)NC1c1ccco1. The van der Waals surface area contributed by atoms with Crippen molar-refractivity contribution >= 4 is 23.6 Å². The van der Waals surface area contributed by atoms with Crippen molar-refractivity contribution in [3.63, 3.8) is 0 Å². The highest BCUT2D eigenvalue weighted by Crippen LogP contribution is 2.30. The second-order valence-electron chi connectivity index (χ2n) is 5.88. The molecule has 2 N–H and O–H groups in total. The minimum Gasteiger partial charge on any atom is -0.486 e. The molecule has 2 amide bonds. The van der Waals surface area contributed by atoms with Crippen LogP contribution in [0.25, 0.3) is 0 Å². The fourth-order valence-electron chi connectivity index (χ4n) is 2.72. The summed E-state index contributed by atoms with van der Waals surface area (Å²) in [5.74, 6) is 0.300. The number of hydrogen-bond donors (Lipinski definition) is 2. The summed E-state index contributed by atoms with van der Waals surface area (Å²) >= 11 is 6.15. The van der Waals surface area contributed by atoms with Gasteiger partial charge in [0.25, 0.3) is 0 Å². The van der Waals surface area contributed by atoms with Gasteiger partial charge in [0.2, 0.25) is 0 Å². The van der Waals surface area contributed by atoms with E-state index in [0.717, 1.165) is 5.56 Å². The molecule has 27 heavy (non-hydrogen) atoms. The topological polar surface area (TPSA) is 89.8 Å². The number of ether oxygens (including phenoxy) is 2. The Bertz CT molecular complexity index is 876. The highest BCUT2D eigenvalue weighted by atomic mass is 35.5. The molecule has 0 radical (unpaired) electrons. The van der Waals surface area contributed by atoms with E-state index in [9.17, 15) is 9.59 Å². The third-order valence-corrected chi connectivity index (χ3v) is 4.25. The summed E-state index contributed by atoms with van der Waals surface area (Å²) in [5.41, 5.74) is 1.48. The van der Waals surface area contributed by atoms with Crippen molar-refractivity contribution in [2.75, 3.05) is 13.2 Å². The normalized spacial score (nSPS) is 16.6. The molecule has 2 heterocycles. The maximum atomic E-state index is 12.6. The van der Waals surface area contributed by atoms with Crippen LogP contribution in [0.4, 0.5) is 4.79 Å². The number of aryl methyl sites for hydroxylation is 1. The molecule has 0 spiro atoms. The lowest BCUT2D eigenvalue weighted by atomic mass is 10.0. The Hall–Kier alpha value is -2.93. The predicted octanol–water partition coefficient (Wildman–Crippen LogP) is 3.49. The van der Waals surface area contributed by atoms with Gasteiger partial charge in [-0.2, -0.15) is 0 Å². The van der Waals surface area contributed by atoms with E-state index in [0.29, 0.717) is 16.5 Å². The monoisotopic (exact) mass is 390 g/mol. The molecule has 142 valence electrons. The number of carbonyl (C=O) groups excluding carboxylic acids is 2. The molecule has 1 aromatic heterocycles. The number of urea groups is 1. The van der Waals surface area contributed by atoms with Crippen molar-refractivity contribution in [1.29, 1.82) is 0 Å². The second kappa shape index (κ2) is 8.18. The van der Waals surface area contributed by atoms with Crippen molar-refractivity contribution in [2.45, 2.75) is 19.9 Å². The fraction of sp³-hybridized carbons (Fsp3) is 0.263. The molecule has 1 unspecified atom stereocenters. The van der Waals surface area contributed by atoms with E-state index in [1.165, 1.54) is 6.26 Å². The fourth-order valence-corrected chi connectivity index (χ4v) is 2.89. The van der Waals surface area contributed by atoms with Crippen LogP contribution in [-0.2, 0) is 9.53 Å². The van der Waals surface area contributed by atoms with Crippen molar-refractivity contribution in [3.05, 3.63) is 64.2 Å². The van der Waals surface area contributed by atoms with Gasteiger partial charge in [-0.15, -0.1) is 0 Å². The maximum Gasteiger partial charge on any atom is 0.338 e. The van der Waals surface area contributed by atoms with E-state index in [1.807, 2.05) is 13.0 Å². The van der Waals surface area contributed by atoms with Gasteiger partial charge in [0.15, 0.2) is 0 Å². The van der Waals surface area contributed by atoms with Crippen molar-refractivity contribution < 1.29 is 23.5 Å². The van der Waals surface area contributed by atoms with Crippen LogP contribution in [0.5, 0.6) is 5.75 Å². The number of nitrogens with one attached hydrogen (secondary N) is 2. The van der Waals surface area contributed by atoms with Crippen molar-refractivity contribution in [1.82, 2.24) is 10.6 Å². The number of hydrogen-bond acceptors (Lipinski definition) is 5. The Kier molecular flexibility index (Phi) is 5.71. The zero-order valence-electron chi connectivity index (χ0n) is 14.9. The molecular weight excluding hydrogens is 372 g/mol. The number of carbonyl (C=O) groups is 2. The number of furan rings is 1. The molecule has 8 heteroatoms. The molecular formula is C19H19ClN2O5. The Morgan fingerprint density at radius 2 is 2.15 bits per heavy atom. The van der Waals surface area contributed by atoms with Crippen LogP contribution in [0.3, 0.4) is 0 Å². The van der Waals surface area contributed by atoms with Gasteiger partial charge >= 0.3 is 12.0 Å². The zero-order valence-corrected chi connectivity index (χ0v) is 15.6. The number of rotatable bonds is 6.